The molecule has 1 saturated heterocycles. The van der Waals surface area contributed by atoms with Crippen molar-refractivity contribution < 1.29 is 18.7 Å². The predicted octanol–water partition coefficient (Wildman–Crippen LogP) is 4.44. The lowest BCUT2D eigenvalue weighted by Gasteiger charge is -2.37. The fourth-order valence-electron chi connectivity index (χ4n) is 6.11. The van der Waals surface area contributed by atoms with Gasteiger partial charge in [-0.05, 0) is 38.0 Å². The molecule has 2 atom stereocenters. The Balaban J connectivity index is 1.40. The van der Waals surface area contributed by atoms with E-state index in [2.05, 4.69) is 28.5 Å². The topological polar surface area (TPSA) is 98.1 Å². The molecule has 1 amide bonds. The van der Waals surface area contributed by atoms with Crippen LogP contribution in [0.1, 0.15) is 17.7 Å². The number of aromatic nitrogens is 2. The standard InChI is InChI=1S/C32H33ClFN7O3/c1-20(34)31(42)41-15-14-40(16-22(41)10-12-35)30-23-11-13-39(26-9-5-7-21-6-4-8-24(33)29(21)26)17-25(23)36-32(37-30)44-28-19-43-18-27(28)38(2)3/h4-9,16,27-28H,1,10-11,13-15,17-19H2,2-3H3/t27-,28+/m0/s1. The molecular weight excluding hydrogens is 585 g/mol. The summed E-state index contributed by atoms with van der Waals surface area (Å²) in [6, 6.07) is 14.4. The van der Waals surface area contributed by atoms with E-state index in [4.69, 9.17) is 31.0 Å². The molecule has 3 aliphatic rings. The minimum atomic E-state index is -1.07. The van der Waals surface area contributed by atoms with Crippen LogP contribution in [-0.2, 0) is 22.5 Å². The number of nitriles is 1. The fourth-order valence-corrected chi connectivity index (χ4v) is 6.39. The highest BCUT2D eigenvalue weighted by Gasteiger charge is 2.35. The molecule has 3 aliphatic heterocycles. The Morgan fingerprint density at radius 3 is 2.75 bits per heavy atom. The number of hydrogen-bond donors (Lipinski definition) is 0. The van der Waals surface area contributed by atoms with Crippen molar-refractivity contribution >= 4 is 39.8 Å². The summed E-state index contributed by atoms with van der Waals surface area (Å²) in [6.07, 6.45) is 1.99. The Morgan fingerprint density at radius 2 is 2.00 bits per heavy atom. The minimum Gasteiger partial charge on any atom is -0.456 e. The first kappa shape index (κ1) is 29.8. The number of rotatable bonds is 7. The SMILES string of the molecule is C=C(F)C(=O)N1CCN(c2nc(O[C@@H]3COC[C@@H]3N(C)C)nc3c2CCN(c2cccc4cccc(Cl)c24)C3)C=C1CC#N. The first-order valence-corrected chi connectivity index (χ1v) is 14.9. The second kappa shape index (κ2) is 12.4. The molecule has 1 aromatic heterocycles. The van der Waals surface area contributed by atoms with Crippen LogP contribution in [0.4, 0.5) is 15.9 Å². The third kappa shape index (κ3) is 5.68. The van der Waals surface area contributed by atoms with E-state index >= 15 is 0 Å². The van der Waals surface area contributed by atoms with Crippen molar-refractivity contribution in [3.63, 3.8) is 0 Å². The van der Waals surface area contributed by atoms with Gasteiger partial charge >= 0.3 is 6.01 Å². The number of halogens is 2. The normalized spacial score (nSPS) is 20.0. The molecule has 0 N–H and O–H groups in total. The van der Waals surface area contributed by atoms with Crippen molar-refractivity contribution in [3.05, 3.63) is 77.0 Å². The number of likely N-dealkylation sites (N-methyl/N-ethyl adjacent to an activating group) is 1. The van der Waals surface area contributed by atoms with Crippen molar-refractivity contribution in [3.8, 4) is 12.1 Å². The Morgan fingerprint density at radius 1 is 1.20 bits per heavy atom. The Hall–Kier alpha value is -4.24. The van der Waals surface area contributed by atoms with Crippen LogP contribution >= 0.6 is 11.6 Å². The van der Waals surface area contributed by atoms with Gasteiger partial charge in [0.05, 0.1) is 54.7 Å². The molecule has 0 aliphatic carbocycles. The number of carbonyl (C=O) groups is 1. The van der Waals surface area contributed by atoms with Crippen LogP contribution in [0.25, 0.3) is 10.8 Å². The van der Waals surface area contributed by atoms with E-state index in [0.717, 1.165) is 27.7 Å². The van der Waals surface area contributed by atoms with Crippen LogP contribution < -0.4 is 14.5 Å². The Labute approximate surface area is 260 Å². The largest absolute Gasteiger partial charge is 0.456 e. The summed E-state index contributed by atoms with van der Waals surface area (Å²) in [6.45, 7) is 5.81. The van der Waals surface area contributed by atoms with E-state index in [0.29, 0.717) is 55.8 Å². The first-order chi connectivity index (χ1) is 21.2. The van der Waals surface area contributed by atoms with Crippen molar-refractivity contribution in [2.75, 3.05) is 56.7 Å². The number of nitrogens with zero attached hydrogens (tertiary/aromatic N) is 7. The molecule has 6 rings (SSSR count). The van der Waals surface area contributed by atoms with Gasteiger partial charge in [-0.3, -0.25) is 4.79 Å². The summed E-state index contributed by atoms with van der Waals surface area (Å²) in [4.78, 5) is 29.8. The van der Waals surface area contributed by atoms with Crippen LogP contribution in [0.3, 0.4) is 0 Å². The number of carbonyl (C=O) groups excluding carboxylic acids is 1. The van der Waals surface area contributed by atoms with Crippen molar-refractivity contribution in [2.24, 2.45) is 0 Å². The zero-order valence-electron chi connectivity index (χ0n) is 24.7. The molecule has 44 heavy (non-hydrogen) atoms. The van der Waals surface area contributed by atoms with E-state index in [1.54, 1.807) is 6.20 Å². The number of benzene rings is 2. The highest BCUT2D eigenvalue weighted by Crippen LogP contribution is 2.37. The number of hydrogen-bond acceptors (Lipinski definition) is 9. The van der Waals surface area contributed by atoms with Gasteiger partial charge in [0.1, 0.15) is 11.9 Å². The van der Waals surface area contributed by atoms with Crippen LogP contribution in [0, 0.1) is 11.3 Å². The third-order valence-corrected chi connectivity index (χ3v) is 8.66. The quantitative estimate of drug-likeness (QED) is 0.356. The number of anilines is 2. The molecule has 1 fully saturated rings. The minimum absolute atomic E-state index is 0.0397. The van der Waals surface area contributed by atoms with Gasteiger partial charge in [-0.15, -0.1) is 0 Å². The maximum atomic E-state index is 13.8. The van der Waals surface area contributed by atoms with Gasteiger partial charge in [-0.25, -0.2) is 4.39 Å². The van der Waals surface area contributed by atoms with Gasteiger partial charge < -0.3 is 29.1 Å². The lowest BCUT2D eigenvalue weighted by molar-refractivity contribution is -0.126. The smallest absolute Gasteiger partial charge is 0.319 e. The maximum absolute atomic E-state index is 13.8. The zero-order chi connectivity index (χ0) is 31.0. The van der Waals surface area contributed by atoms with Crippen LogP contribution in [0.5, 0.6) is 6.01 Å². The maximum Gasteiger partial charge on any atom is 0.319 e. The lowest BCUT2D eigenvalue weighted by atomic mass is 10.0. The average Bonchev–Trinajstić information content (AvgIpc) is 3.48. The van der Waals surface area contributed by atoms with Crippen LogP contribution in [0.15, 0.2) is 60.7 Å². The molecule has 2 aromatic carbocycles. The molecule has 0 unspecified atom stereocenters. The monoisotopic (exact) mass is 617 g/mol. The summed E-state index contributed by atoms with van der Waals surface area (Å²) in [5.74, 6) is -1.27. The van der Waals surface area contributed by atoms with Crippen molar-refractivity contribution in [2.45, 2.75) is 31.5 Å². The van der Waals surface area contributed by atoms with E-state index < -0.39 is 11.7 Å². The molecule has 228 valence electrons. The predicted molar refractivity (Wildman–Crippen MR) is 166 cm³/mol. The summed E-state index contributed by atoms with van der Waals surface area (Å²) in [5, 5.41) is 12.2. The molecule has 0 saturated carbocycles. The number of amides is 1. The summed E-state index contributed by atoms with van der Waals surface area (Å²) in [5.41, 5.74) is 3.16. The number of allylic oxidation sites excluding steroid dienone is 1. The van der Waals surface area contributed by atoms with Gasteiger partial charge in [0.2, 0.25) is 0 Å². The fraction of sp³-hybridized carbons (Fsp3) is 0.375. The summed E-state index contributed by atoms with van der Waals surface area (Å²) >= 11 is 6.68. The third-order valence-electron chi connectivity index (χ3n) is 8.34. The average molecular weight is 618 g/mol. The van der Waals surface area contributed by atoms with Gasteiger partial charge in [-0.1, -0.05) is 42.4 Å². The molecule has 0 spiro atoms. The molecule has 4 heterocycles. The molecular formula is C32H33ClFN7O3. The highest BCUT2D eigenvalue weighted by molar-refractivity contribution is 6.36. The van der Waals surface area contributed by atoms with Gasteiger partial charge in [0, 0.05) is 42.5 Å². The Kier molecular flexibility index (Phi) is 8.40. The lowest BCUT2D eigenvalue weighted by Crippen LogP contribution is -2.43. The van der Waals surface area contributed by atoms with Crippen LogP contribution in [-0.4, -0.2) is 84.8 Å². The van der Waals surface area contributed by atoms with E-state index in [9.17, 15) is 14.4 Å². The summed E-state index contributed by atoms with van der Waals surface area (Å²) < 4.78 is 25.9. The van der Waals surface area contributed by atoms with Gasteiger partial charge in [0.15, 0.2) is 5.83 Å². The van der Waals surface area contributed by atoms with E-state index in [1.165, 1.54) is 4.90 Å². The van der Waals surface area contributed by atoms with Gasteiger partial charge in [-0.2, -0.15) is 15.2 Å². The summed E-state index contributed by atoms with van der Waals surface area (Å²) in [7, 11) is 3.97. The van der Waals surface area contributed by atoms with Crippen LogP contribution in [0.2, 0.25) is 5.02 Å². The second-order valence-corrected chi connectivity index (χ2v) is 11.7. The first-order valence-electron chi connectivity index (χ1n) is 14.5. The zero-order valence-corrected chi connectivity index (χ0v) is 25.4. The van der Waals surface area contributed by atoms with E-state index in [-0.39, 0.29) is 31.1 Å². The highest BCUT2D eigenvalue weighted by atomic mass is 35.5. The number of ether oxygens (including phenoxy) is 2. The second-order valence-electron chi connectivity index (χ2n) is 11.3. The van der Waals surface area contributed by atoms with E-state index in [1.807, 2.05) is 49.3 Å². The molecule has 0 bridgehead atoms. The van der Waals surface area contributed by atoms with Gasteiger partial charge in [0.25, 0.3) is 5.91 Å². The van der Waals surface area contributed by atoms with Crippen molar-refractivity contribution in [1.82, 2.24) is 19.8 Å². The molecule has 10 nitrogen and oxygen atoms in total. The van der Waals surface area contributed by atoms with Crippen molar-refractivity contribution in [1.29, 1.82) is 5.26 Å². The number of fused-ring (bicyclic) bond motifs is 2. The molecule has 3 aromatic rings. The molecule has 12 heteroatoms. The molecule has 0 radical (unpaired) electrons. The Bertz CT molecular complexity index is 1690.